The highest BCUT2D eigenvalue weighted by Crippen LogP contribution is 2.35. The lowest BCUT2D eigenvalue weighted by Crippen LogP contribution is -2.40. The number of aliphatic hydroxyl groups is 1. The summed E-state index contributed by atoms with van der Waals surface area (Å²) in [7, 11) is 0. The van der Waals surface area contributed by atoms with Gasteiger partial charge in [0.2, 0.25) is 0 Å². The third-order valence-electron chi connectivity index (χ3n) is 4.54. The van der Waals surface area contributed by atoms with E-state index in [2.05, 4.69) is 10.3 Å². The summed E-state index contributed by atoms with van der Waals surface area (Å²) in [5, 5.41) is 18.9. The van der Waals surface area contributed by atoms with Crippen molar-refractivity contribution in [3.8, 4) is 0 Å². The molecule has 0 saturated carbocycles. The molecule has 3 aromatic rings. The molecular weight excluding hydrogens is 343 g/mol. The van der Waals surface area contributed by atoms with E-state index in [0.29, 0.717) is 6.42 Å². The van der Waals surface area contributed by atoms with Gasteiger partial charge in [-0.1, -0.05) is 30.3 Å². The first-order chi connectivity index (χ1) is 12.4. The minimum atomic E-state index is -1.67. The van der Waals surface area contributed by atoms with Crippen molar-refractivity contribution >= 4 is 0 Å². The molecule has 0 saturated heterocycles. The number of nitrogens with zero attached hydrogens (tertiary/aromatic N) is 3. The van der Waals surface area contributed by atoms with Crippen molar-refractivity contribution in [3.05, 3.63) is 83.4 Å². The second-order valence-corrected chi connectivity index (χ2v) is 6.38. The van der Waals surface area contributed by atoms with E-state index in [-0.39, 0.29) is 17.9 Å². The molecule has 1 heterocycles. The van der Waals surface area contributed by atoms with Crippen LogP contribution in [0.2, 0.25) is 0 Å². The van der Waals surface area contributed by atoms with E-state index in [4.69, 9.17) is 0 Å². The Balaban J connectivity index is 1.97. The van der Waals surface area contributed by atoms with Gasteiger partial charge in [0.05, 0.1) is 12.7 Å². The predicted octanol–water partition coefficient (Wildman–Crippen LogP) is 3.46. The van der Waals surface area contributed by atoms with Crippen LogP contribution in [0.5, 0.6) is 0 Å². The van der Waals surface area contributed by atoms with Crippen molar-refractivity contribution < 1.29 is 18.3 Å². The van der Waals surface area contributed by atoms with Crippen molar-refractivity contribution in [3.63, 3.8) is 0 Å². The summed E-state index contributed by atoms with van der Waals surface area (Å²) >= 11 is 0. The van der Waals surface area contributed by atoms with Crippen LogP contribution in [-0.2, 0) is 18.6 Å². The van der Waals surface area contributed by atoms with Crippen molar-refractivity contribution in [2.24, 2.45) is 5.92 Å². The molecule has 0 fully saturated rings. The van der Waals surface area contributed by atoms with Crippen LogP contribution in [0, 0.1) is 23.4 Å². The fourth-order valence-electron chi connectivity index (χ4n) is 3.05. The molecule has 1 N–H and O–H groups in total. The maximum atomic E-state index is 14.4. The summed E-state index contributed by atoms with van der Waals surface area (Å²) in [5.41, 5.74) is -0.901. The summed E-state index contributed by atoms with van der Waals surface area (Å²) in [6, 6.07) is 8.98. The molecule has 7 heteroatoms. The van der Waals surface area contributed by atoms with Crippen molar-refractivity contribution in [2.75, 3.05) is 0 Å². The Morgan fingerprint density at radius 1 is 1.08 bits per heavy atom. The number of hydrogen-bond acceptors (Lipinski definition) is 3. The van der Waals surface area contributed by atoms with E-state index in [1.54, 1.807) is 25.3 Å². The molecule has 136 valence electrons. The van der Waals surface area contributed by atoms with Crippen LogP contribution in [0.4, 0.5) is 13.2 Å². The molecular formula is C19H18F3N3O. The zero-order valence-electron chi connectivity index (χ0n) is 14.1. The molecule has 1 aromatic heterocycles. The molecule has 0 aliphatic heterocycles. The maximum absolute atomic E-state index is 14.4. The summed E-state index contributed by atoms with van der Waals surface area (Å²) in [6.45, 7) is 1.70. The molecule has 2 atom stereocenters. The highest BCUT2D eigenvalue weighted by Gasteiger charge is 2.39. The SMILES string of the molecule is CC(Cc1ccc(F)cc1)C(O)(Cn1ccnn1)c1ccc(F)cc1F. The van der Waals surface area contributed by atoms with Crippen LogP contribution in [0.1, 0.15) is 18.1 Å². The van der Waals surface area contributed by atoms with Gasteiger partial charge in [-0.05, 0) is 36.1 Å². The molecule has 0 spiro atoms. The highest BCUT2D eigenvalue weighted by molar-refractivity contribution is 5.27. The van der Waals surface area contributed by atoms with E-state index < -0.39 is 23.2 Å². The summed E-state index contributed by atoms with van der Waals surface area (Å²) in [4.78, 5) is 0. The normalized spacial score (nSPS) is 14.8. The molecule has 2 aromatic carbocycles. The Morgan fingerprint density at radius 3 is 2.38 bits per heavy atom. The highest BCUT2D eigenvalue weighted by atomic mass is 19.1. The number of aromatic nitrogens is 3. The standard InChI is InChI=1S/C19H18F3N3O/c1-13(10-14-2-4-15(20)5-3-14)19(26,12-25-9-8-23-24-25)17-7-6-16(21)11-18(17)22/h2-9,11,13,26H,10,12H2,1H3. The van der Waals surface area contributed by atoms with Crippen LogP contribution in [0.15, 0.2) is 54.9 Å². The predicted molar refractivity (Wildman–Crippen MR) is 89.5 cm³/mol. The monoisotopic (exact) mass is 361 g/mol. The third kappa shape index (κ3) is 3.77. The molecule has 0 aliphatic rings. The van der Waals surface area contributed by atoms with Gasteiger partial charge >= 0.3 is 0 Å². The van der Waals surface area contributed by atoms with Gasteiger partial charge in [-0.2, -0.15) is 0 Å². The topological polar surface area (TPSA) is 50.9 Å². The van der Waals surface area contributed by atoms with Crippen molar-refractivity contribution in [1.82, 2.24) is 15.0 Å². The molecule has 4 nitrogen and oxygen atoms in total. The molecule has 3 rings (SSSR count). The zero-order valence-corrected chi connectivity index (χ0v) is 14.1. The lowest BCUT2D eigenvalue weighted by atomic mass is 9.78. The molecule has 0 amide bonds. The van der Waals surface area contributed by atoms with Crippen molar-refractivity contribution in [1.29, 1.82) is 0 Å². The van der Waals surface area contributed by atoms with Crippen LogP contribution in [0.25, 0.3) is 0 Å². The smallest absolute Gasteiger partial charge is 0.132 e. The molecule has 2 unspecified atom stereocenters. The number of halogens is 3. The molecule has 0 aliphatic carbocycles. The number of hydrogen-bond donors (Lipinski definition) is 1. The summed E-state index contributed by atoms with van der Waals surface area (Å²) in [6.07, 6.45) is 3.37. The largest absolute Gasteiger partial charge is 0.383 e. The molecule has 0 bridgehead atoms. The van der Waals surface area contributed by atoms with Gasteiger partial charge in [-0.25, -0.2) is 17.9 Å². The first-order valence-electron chi connectivity index (χ1n) is 8.15. The van der Waals surface area contributed by atoms with Gasteiger partial charge < -0.3 is 5.11 Å². The Labute approximate surface area is 148 Å². The minimum absolute atomic E-state index is 0.0241. The average Bonchev–Trinajstić information content (AvgIpc) is 3.09. The Hall–Kier alpha value is -2.67. The van der Waals surface area contributed by atoms with Gasteiger partial charge in [0.25, 0.3) is 0 Å². The first-order valence-corrected chi connectivity index (χ1v) is 8.15. The molecule has 26 heavy (non-hydrogen) atoms. The van der Waals surface area contributed by atoms with Crippen molar-refractivity contribution in [2.45, 2.75) is 25.5 Å². The van der Waals surface area contributed by atoms with E-state index in [1.807, 2.05) is 0 Å². The van der Waals surface area contributed by atoms with E-state index in [9.17, 15) is 18.3 Å². The molecule has 0 radical (unpaired) electrons. The first kappa shape index (κ1) is 18.1. The fourth-order valence-corrected chi connectivity index (χ4v) is 3.05. The van der Waals surface area contributed by atoms with Gasteiger partial charge in [-0.15, -0.1) is 5.10 Å². The van der Waals surface area contributed by atoms with E-state index >= 15 is 0 Å². The van der Waals surface area contributed by atoms with E-state index in [0.717, 1.165) is 17.7 Å². The zero-order chi connectivity index (χ0) is 18.7. The maximum Gasteiger partial charge on any atom is 0.132 e. The van der Waals surface area contributed by atoms with Crippen LogP contribution >= 0.6 is 0 Å². The van der Waals surface area contributed by atoms with Crippen LogP contribution < -0.4 is 0 Å². The second-order valence-electron chi connectivity index (χ2n) is 6.38. The Kier molecular flexibility index (Phi) is 5.08. The number of rotatable bonds is 6. The quantitative estimate of drug-likeness (QED) is 0.732. The van der Waals surface area contributed by atoms with Gasteiger partial charge in [0.15, 0.2) is 0 Å². The second kappa shape index (κ2) is 7.29. The Bertz CT molecular complexity index is 868. The third-order valence-corrected chi connectivity index (χ3v) is 4.54. The number of benzene rings is 2. The fraction of sp³-hybridized carbons (Fsp3) is 0.263. The summed E-state index contributed by atoms with van der Waals surface area (Å²) < 4.78 is 42.3. The average molecular weight is 361 g/mol. The van der Waals surface area contributed by atoms with Gasteiger partial charge in [0.1, 0.15) is 23.1 Å². The van der Waals surface area contributed by atoms with Gasteiger partial charge in [0, 0.05) is 17.8 Å². The van der Waals surface area contributed by atoms with Gasteiger partial charge in [-0.3, -0.25) is 0 Å². The van der Waals surface area contributed by atoms with Crippen LogP contribution in [0.3, 0.4) is 0 Å². The Morgan fingerprint density at radius 2 is 1.77 bits per heavy atom. The lowest BCUT2D eigenvalue weighted by molar-refractivity contribution is -0.0392. The lowest BCUT2D eigenvalue weighted by Gasteiger charge is -2.35. The van der Waals surface area contributed by atoms with E-state index in [1.165, 1.54) is 29.1 Å². The van der Waals surface area contributed by atoms with Crippen LogP contribution in [-0.4, -0.2) is 20.1 Å². The minimum Gasteiger partial charge on any atom is -0.383 e. The summed E-state index contributed by atoms with van der Waals surface area (Å²) in [5.74, 6) is -2.39.